The van der Waals surface area contributed by atoms with Crippen molar-refractivity contribution in [3.05, 3.63) is 0 Å². The Morgan fingerprint density at radius 2 is 1.65 bits per heavy atom. The standard InChI is InChI=1S/C15H27N3O2/c1-11-7-12(2)9-17(8-11)10-14(19)18-5-3-13(4-6-18)15(16)20/h11-13H,3-10H2,1-2H3,(H2,16,20)/t11-,12-/m0/s1. The molecule has 0 unspecified atom stereocenters. The first-order chi connectivity index (χ1) is 9.45. The molecule has 2 heterocycles. The van der Waals surface area contributed by atoms with E-state index in [9.17, 15) is 9.59 Å². The molecule has 5 heteroatoms. The van der Waals surface area contributed by atoms with E-state index in [1.807, 2.05) is 4.90 Å². The van der Waals surface area contributed by atoms with Crippen LogP contribution in [0.2, 0.25) is 0 Å². The van der Waals surface area contributed by atoms with Crippen molar-refractivity contribution in [2.75, 3.05) is 32.7 Å². The Labute approximate surface area is 121 Å². The summed E-state index contributed by atoms with van der Waals surface area (Å²) in [6, 6.07) is 0. The Hall–Kier alpha value is -1.10. The second-order valence-corrected chi connectivity index (χ2v) is 6.70. The summed E-state index contributed by atoms with van der Waals surface area (Å²) in [5, 5.41) is 0. The largest absolute Gasteiger partial charge is 0.369 e. The molecule has 0 radical (unpaired) electrons. The predicted octanol–water partition coefficient (Wildman–Crippen LogP) is 0.688. The van der Waals surface area contributed by atoms with E-state index in [1.165, 1.54) is 6.42 Å². The fourth-order valence-corrected chi connectivity index (χ4v) is 3.63. The van der Waals surface area contributed by atoms with Crippen LogP contribution in [0, 0.1) is 17.8 Å². The maximum absolute atomic E-state index is 12.3. The molecule has 5 nitrogen and oxygen atoms in total. The molecule has 0 saturated carbocycles. The molecule has 2 aliphatic heterocycles. The van der Waals surface area contributed by atoms with Gasteiger partial charge >= 0.3 is 0 Å². The Bertz CT molecular complexity index is 354. The number of nitrogens with two attached hydrogens (primary N) is 1. The minimum Gasteiger partial charge on any atom is -0.369 e. The van der Waals surface area contributed by atoms with Crippen LogP contribution in [0.3, 0.4) is 0 Å². The summed E-state index contributed by atoms with van der Waals surface area (Å²) in [5.74, 6) is 1.28. The topological polar surface area (TPSA) is 66.6 Å². The molecule has 2 atom stereocenters. The summed E-state index contributed by atoms with van der Waals surface area (Å²) >= 11 is 0. The van der Waals surface area contributed by atoms with Crippen molar-refractivity contribution < 1.29 is 9.59 Å². The number of likely N-dealkylation sites (tertiary alicyclic amines) is 2. The highest BCUT2D eigenvalue weighted by Crippen LogP contribution is 2.21. The lowest BCUT2D eigenvalue weighted by Gasteiger charge is -2.37. The van der Waals surface area contributed by atoms with Gasteiger partial charge in [-0.2, -0.15) is 0 Å². The van der Waals surface area contributed by atoms with Crippen LogP contribution in [0.4, 0.5) is 0 Å². The summed E-state index contributed by atoms with van der Waals surface area (Å²) in [5.41, 5.74) is 5.32. The lowest BCUT2D eigenvalue weighted by molar-refractivity contribution is -0.136. The predicted molar refractivity (Wildman–Crippen MR) is 77.9 cm³/mol. The van der Waals surface area contributed by atoms with Gasteiger partial charge in [0.15, 0.2) is 0 Å². The maximum Gasteiger partial charge on any atom is 0.236 e. The molecule has 0 spiro atoms. The van der Waals surface area contributed by atoms with Crippen molar-refractivity contribution in [1.29, 1.82) is 0 Å². The minimum absolute atomic E-state index is 0.0471. The summed E-state index contributed by atoms with van der Waals surface area (Å²) in [4.78, 5) is 27.6. The molecule has 114 valence electrons. The molecule has 2 aliphatic rings. The maximum atomic E-state index is 12.3. The zero-order valence-corrected chi connectivity index (χ0v) is 12.7. The van der Waals surface area contributed by atoms with E-state index in [4.69, 9.17) is 5.73 Å². The lowest BCUT2D eigenvalue weighted by atomic mass is 9.92. The van der Waals surface area contributed by atoms with Crippen molar-refractivity contribution in [3.63, 3.8) is 0 Å². The number of hydrogen-bond acceptors (Lipinski definition) is 3. The number of hydrogen-bond donors (Lipinski definition) is 1. The van der Waals surface area contributed by atoms with Gasteiger partial charge in [0.2, 0.25) is 11.8 Å². The van der Waals surface area contributed by atoms with Gasteiger partial charge in [-0.05, 0) is 31.1 Å². The van der Waals surface area contributed by atoms with Crippen molar-refractivity contribution >= 4 is 11.8 Å². The molecule has 0 aromatic heterocycles. The first-order valence-electron chi connectivity index (χ1n) is 7.75. The first-order valence-corrected chi connectivity index (χ1v) is 7.75. The fraction of sp³-hybridized carbons (Fsp3) is 0.867. The average Bonchev–Trinajstić information content (AvgIpc) is 2.37. The molecule has 2 rings (SSSR count). The van der Waals surface area contributed by atoms with E-state index in [2.05, 4.69) is 18.7 Å². The van der Waals surface area contributed by atoms with Crippen LogP contribution in [-0.4, -0.2) is 54.3 Å². The number of primary amides is 1. The molecule has 2 fully saturated rings. The molecular weight excluding hydrogens is 254 g/mol. The van der Waals surface area contributed by atoms with Crippen molar-refractivity contribution in [2.24, 2.45) is 23.5 Å². The van der Waals surface area contributed by atoms with E-state index in [-0.39, 0.29) is 17.7 Å². The SMILES string of the molecule is C[C@H]1C[C@H](C)CN(CC(=O)N2CCC(C(N)=O)CC2)C1. The molecule has 0 aromatic rings. The molecular formula is C15H27N3O2. The molecule has 2 amide bonds. The van der Waals surface area contributed by atoms with E-state index < -0.39 is 0 Å². The zero-order valence-electron chi connectivity index (χ0n) is 12.7. The lowest BCUT2D eigenvalue weighted by Crippen LogP contribution is -2.48. The van der Waals surface area contributed by atoms with Crippen LogP contribution in [0.25, 0.3) is 0 Å². The van der Waals surface area contributed by atoms with Crippen LogP contribution in [-0.2, 0) is 9.59 Å². The second-order valence-electron chi connectivity index (χ2n) is 6.70. The summed E-state index contributed by atoms with van der Waals surface area (Å²) < 4.78 is 0. The average molecular weight is 281 g/mol. The van der Waals surface area contributed by atoms with Gasteiger partial charge in [-0.1, -0.05) is 13.8 Å². The molecule has 2 saturated heterocycles. The Morgan fingerprint density at radius 3 is 2.15 bits per heavy atom. The van der Waals surface area contributed by atoms with E-state index in [0.29, 0.717) is 44.3 Å². The smallest absolute Gasteiger partial charge is 0.236 e. The normalized spacial score (nSPS) is 29.4. The van der Waals surface area contributed by atoms with Crippen molar-refractivity contribution in [3.8, 4) is 0 Å². The minimum atomic E-state index is -0.226. The third kappa shape index (κ3) is 3.95. The molecule has 0 aromatic carbocycles. The highest BCUT2D eigenvalue weighted by Gasteiger charge is 2.28. The van der Waals surface area contributed by atoms with Gasteiger partial charge in [0.05, 0.1) is 6.54 Å². The van der Waals surface area contributed by atoms with Gasteiger partial charge in [-0.25, -0.2) is 0 Å². The quantitative estimate of drug-likeness (QED) is 0.827. The van der Waals surface area contributed by atoms with Gasteiger partial charge in [-0.15, -0.1) is 0 Å². The van der Waals surface area contributed by atoms with E-state index >= 15 is 0 Å². The number of carbonyl (C=O) groups is 2. The van der Waals surface area contributed by atoms with E-state index in [0.717, 1.165) is 13.1 Å². The van der Waals surface area contributed by atoms with Crippen LogP contribution in [0.5, 0.6) is 0 Å². The highest BCUT2D eigenvalue weighted by molar-refractivity contribution is 5.80. The van der Waals surface area contributed by atoms with Crippen molar-refractivity contribution in [1.82, 2.24) is 9.80 Å². The van der Waals surface area contributed by atoms with E-state index in [1.54, 1.807) is 0 Å². The third-order valence-corrected chi connectivity index (χ3v) is 4.55. The molecule has 0 bridgehead atoms. The van der Waals surface area contributed by atoms with Crippen LogP contribution >= 0.6 is 0 Å². The number of carbonyl (C=O) groups excluding carboxylic acids is 2. The van der Waals surface area contributed by atoms with Crippen LogP contribution in [0.1, 0.15) is 33.1 Å². The fourth-order valence-electron chi connectivity index (χ4n) is 3.63. The first kappa shape index (κ1) is 15.3. The van der Waals surface area contributed by atoms with Gasteiger partial charge in [0.25, 0.3) is 0 Å². The summed E-state index contributed by atoms with van der Waals surface area (Å²) in [6.07, 6.45) is 2.69. The molecule has 2 N–H and O–H groups in total. The third-order valence-electron chi connectivity index (χ3n) is 4.55. The Kier molecular flexibility index (Phi) is 5.02. The van der Waals surface area contributed by atoms with Crippen LogP contribution < -0.4 is 5.73 Å². The van der Waals surface area contributed by atoms with Gasteiger partial charge in [0.1, 0.15) is 0 Å². The monoisotopic (exact) mass is 281 g/mol. The number of piperidine rings is 2. The zero-order chi connectivity index (χ0) is 14.7. The van der Waals surface area contributed by atoms with Gasteiger partial charge < -0.3 is 10.6 Å². The Balaban J connectivity index is 1.79. The molecule has 0 aliphatic carbocycles. The van der Waals surface area contributed by atoms with Crippen LogP contribution in [0.15, 0.2) is 0 Å². The second kappa shape index (κ2) is 6.57. The van der Waals surface area contributed by atoms with Gasteiger partial charge in [0, 0.05) is 32.1 Å². The number of nitrogens with zero attached hydrogens (tertiary/aromatic N) is 2. The van der Waals surface area contributed by atoms with Crippen molar-refractivity contribution in [2.45, 2.75) is 33.1 Å². The summed E-state index contributed by atoms with van der Waals surface area (Å²) in [7, 11) is 0. The number of amides is 2. The Morgan fingerprint density at radius 1 is 1.10 bits per heavy atom. The van der Waals surface area contributed by atoms with Gasteiger partial charge in [-0.3, -0.25) is 14.5 Å². The number of rotatable bonds is 3. The highest BCUT2D eigenvalue weighted by atomic mass is 16.2. The molecule has 20 heavy (non-hydrogen) atoms. The summed E-state index contributed by atoms with van der Waals surface area (Å²) in [6.45, 7) is 8.42.